The minimum atomic E-state index is -1.11. The third-order valence-electron chi connectivity index (χ3n) is 4.09. The zero-order valence-corrected chi connectivity index (χ0v) is 13.7. The first-order chi connectivity index (χ1) is 10.7. The maximum absolute atomic E-state index is 9.88. The number of hydrogen-bond acceptors (Lipinski definition) is 5. The second-order valence-corrected chi connectivity index (χ2v) is 5.99. The maximum atomic E-state index is 9.88. The number of rotatable bonds is 11. The van der Waals surface area contributed by atoms with E-state index in [9.17, 15) is 10.2 Å². The standard InChI is InChI=1S/C17H32O5/c1-2-3-4-5-6-7-8-9-10-11-21-15-13-22-14(12-18)16(19)17(15)20/h10-11,14-20H,2-9,12-13H2,1H3/b11-10+/t14-,15+,16-,17-/m0/s1. The SMILES string of the molecule is CCCCCCCCC/C=C/O[C@@H]1CO[C@@H](CO)[C@H](O)[C@H]1O. The Hall–Kier alpha value is -0.620. The zero-order chi connectivity index (χ0) is 16.2. The fourth-order valence-electron chi connectivity index (χ4n) is 2.58. The van der Waals surface area contributed by atoms with E-state index in [1.807, 2.05) is 6.08 Å². The monoisotopic (exact) mass is 316 g/mol. The van der Waals surface area contributed by atoms with Gasteiger partial charge < -0.3 is 24.8 Å². The van der Waals surface area contributed by atoms with E-state index in [1.165, 1.54) is 38.5 Å². The van der Waals surface area contributed by atoms with Crippen LogP contribution < -0.4 is 0 Å². The highest BCUT2D eigenvalue weighted by molar-refractivity contribution is 4.89. The summed E-state index contributed by atoms with van der Waals surface area (Å²) in [4.78, 5) is 0. The van der Waals surface area contributed by atoms with Crippen molar-refractivity contribution in [2.75, 3.05) is 13.2 Å². The number of ether oxygens (including phenoxy) is 2. The van der Waals surface area contributed by atoms with E-state index in [0.717, 1.165) is 12.8 Å². The van der Waals surface area contributed by atoms with E-state index in [2.05, 4.69) is 6.92 Å². The highest BCUT2D eigenvalue weighted by atomic mass is 16.6. The Morgan fingerprint density at radius 3 is 2.41 bits per heavy atom. The Labute approximate surface area is 133 Å². The van der Waals surface area contributed by atoms with Crippen LogP contribution in [0, 0.1) is 0 Å². The number of aliphatic hydroxyl groups is 3. The van der Waals surface area contributed by atoms with Crippen molar-refractivity contribution < 1.29 is 24.8 Å². The zero-order valence-electron chi connectivity index (χ0n) is 13.7. The summed E-state index contributed by atoms with van der Waals surface area (Å²) in [6.45, 7) is 2.09. The number of unbranched alkanes of at least 4 members (excludes halogenated alkanes) is 7. The molecule has 5 nitrogen and oxygen atoms in total. The molecular weight excluding hydrogens is 284 g/mol. The van der Waals surface area contributed by atoms with Crippen molar-refractivity contribution in [1.82, 2.24) is 0 Å². The summed E-state index contributed by atoms with van der Waals surface area (Å²) in [5, 5.41) is 28.6. The summed E-state index contributed by atoms with van der Waals surface area (Å²) in [5.74, 6) is 0. The third-order valence-corrected chi connectivity index (χ3v) is 4.09. The van der Waals surface area contributed by atoms with E-state index in [-0.39, 0.29) is 13.2 Å². The predicted molar refractivity (Wildman–Crippen MR) is 85.5 cm³/mol. The van der Waals surface area contributed by atoms with Gasteiger partial charge in [-0.05, 0) is 18.9 Å². The fourth-order valence-corrected chi connectivity index (χ4v) is 2.58. The lowest BCUT2D eigenvalue weighted by Gasteiger charge is -2.36. The van der Waals surface area contributed by atoms with Crippen molar-refractivity contribution in [3.63, 3.8) is 0 Å². The fraction of sp³-hybridized carbons (Fsp3) is 0.882. The molecule has 0 aliphatic carbocycles. The van der Waals surface area contributed by atoms with Crippen LogP contribution in [0.5, 0.6) is 0 Å². The van der Waals surface area contributed by atoms with Crippen LogP contribution in [-0.2, 0) is 9.47 Å². The molecule has 0 aromatic heterocycles. The van der Waals surface area contributed by atoms with Crippen molar-refractivity contribution in [3.05, 3.63) is 12.3 Å². The van der Waals surface area contributed by atoms with Gasteiger partial charge in [-0.3, -0.25) is 0 Å². The van der Waals surface area contributed by atoms with Crippen molar-refractivity contribution in [2.45, 2.75) is 82.7 Å². The topological polar surface area (TPSA) is 79.2 Å². The number of allylic oxidation sites excluding steroid dienone is 1. The van der Waals surface area contributed by atoms with Gasteiger partial charge in [-0.15, -0.1) is 0 Å². The number of hydrogen-bond donors (Lipinski definition) is 3. The molecule has 1 rings (SSSR count). The van der Waals surface area contributed by atoms with Gasteiger partial charge in [0.05, 0.1) is 19.5 Å². The van der Waals surface area contributed by atoms with Crippen LogP contribution in [0.2, 0.25) is 0 Å². The molecule has 0 radical (unpaired) electrons. The molecular formula is C17H32O5. The first-order valence-electron chi connectivity index (χ1n) is 8.59. The van der Waals surface area contributed by atoms with E-state index in [1.54, 1.807) is 6.26 Å². The van der Waals surface area contributed by atoms with Crippen molar-refractivity contribution in [2.24, 2.45) is 0 Å². The molecule has 0 amide bonds. The normalized spacial score (nSPS) is 29.1. The van der Waals surface area contributed by atoms with Crippen LogP contribution >= 0.6 is 0 Å². The predicted octanol–water partition coefficient (Wildman–Crippen LogP) is 2.14. The van der Waals surface area contributed by atoms with Gasteiger partial charge in [0.2, 0.25) is 0 Å². The second-order valence-electron chi connectivity index (χ2n) is 5.99. The lowest BCUT2D eigenvalue weighted by Crippen LogP contribution is -2.54. The minimum absolute atomic E-state index is 0.172. The average Bonchev–Trinajstić information content (AvgIpc) is 2.53. The molecule has 3 N–H and O–H groups in total. The third kappa shape index (κ3) is 7.09. The molecule has 1 heterocycles. The highest BCUT2D eigenvalue weighted by Crippen LogP contribution is 2.18. The summed E-state index contributed by atoms with van der Waals surface area (Å²) in [6.07, 6.45) is 9.99. The molecule has 1 aliphatic heterocycles. The van der Waals surface area contributed by atoms with Crippen LogP contribution in [0.15, 0.2) is 12.3 Å². The van der Waals surface area contributed by atoms with Gasteiger partial charge in [0.15, 0.2) is 0 Å². The van der Waals surface area contributed by atoms with Gasteiger partial charge in [-0.1, -0.05) is 45.4 Å². The van der Waals surface area contributed by atoms with Gasteiger partial charge in [-0.25, -0.2) is 0 Å². The van der Waals surface area contributed by atoms with Crippen LogP contribution in [-0.4, -0.2) is 52.9 Å². The maximum Gasteiger partial charge on any atom is 0.149 e. The molecule has 130 valence electrons. The summed E-state index contributed by atoms with van der Waals surface area (Å²) in [5.41, 5.74) is 0. The van der Waals surface area contributed by atoms with Gasteiger partial charge in [0.25, 0.3) is 0 Å². The molecule has 22 heavy (non-hydrogen) atoms. The first-order valence-corrected chi connectivity index (χ1v) is 8.59. The Morgan fingerprint density at radius 1 is 1.05 bits per heavy atom. The molecule has 0 unspecified atom stereocenters. The molecule has 0 saturated carbocycles. The molecule has 4 atom stereocenters. The van der Waals surface area contributed by atoms with Crippen LogP contribution in [0.1, 0.15) is 58.3 Å². The molecule has 0 aromatic carbocycles. The molecule has 1 saturated heterocycles. The van der Waals surface area contributed by atoms with Gasteiger partial charge >= 0.3 is 0 Å². The van der Waals surface area contributed by atoms with Crippen LogP contribution in [0.3, 0.4) is 0 Å². The van der Waals surface area contributed by atoms with E-state index in [0.29, 0.717) is 0 Å². The van der Waals surface area contributed by atoms with Crippen LogP contribution in [0.4, 0.5) is 0 Å². The lowest BCUT2D eigenvalue weighted by atomic mass is 10.0. The Balaban J connectivity index is 2.06. The largest absolute Gasteiger partial charge is 0.493 e. The van der Waals surface area contributed by atoms with E-state index in [4.69, 9.17) is 14.6 Å². The van der Waals surface area contributed by atoms with E-state index >= 15 is 0 Å². The van der Waals surface area contributed by atoms with Gasteiger partial charge in [0, 0.05) is 0 Å². The van der Waals surface area contributed by atoms with Crippen molar-refractivity contribution in [1.29, 1.82) is 0 Å². The molecule has 0 aromatic rings. The van der Waals surface area contributed by atoms with E-state index < -0.39 is 24.4 Å². The van der Waals surface area contributed by atoms with Crippen LogP contribution in [0.25, 0.3) is 0 Å². The smallest absolute Gasteiger partial charge is 0.149 e. The highest BCUT2D eigenvalue weighted by Gasteiger charge is 2.38. The van der Waals surface area contributed by atoms with Crippen molar-refractivity contribution >= 4 is 0 Å². The molecule has 0 bridgehead atoms. The second kappa shape index (κ2) is 11.9. The Morgan fingerprint density at radius 2 is 1.73 bits per heavy atom. The molecule has 0 spiro atoms. The summed E-state index contributed by atoms with van der Waals surface area (Å²) < 4.78 is 10.7. The Kier molecular flexibility index (Phi) is 10.5. The van der Waals surface area contributed by atoms with Gasteiger partial charge in [0.1, 0.15) is 24.4 Å². The number of aliphatic hydroxyl groups excluding tert-OH is 3. The lowest BCUT2D eigenvalue weighted by molar-refractivity contribution is -0.196. The quantitative estimate of drug-likeness (QED) is 0.402. The molecule has 5 heteroatoms. The first kappa shape index (κ1) is 19.4. The summed E-state index contributed by atoms with van der Waals surface area (Å²) in [6, 6.07) is 0. The minimum Gasteiger partial charge on any atom is -0.493 e. The van der Waals surface area contributed by atoms with Gasteiger partial charge in [-0.2, -0.15) is 0 Å². The average molecular weight is 316 g/mol. The summed E-state index contributed by atoms with van der Waals surface area (Å²) in [7, 11) is 0. The Bertz CT molecular complexity index is 295. The summed E-state index contributed by atoms with van der Waals surface area (Å²) >= 11 is 0. The van der Waals surface area contributed by atoms with Crippen molar-refractivity contribution in [3.8, 4) is 0 Å². The molecule has 1 aliphatic rings. The molecule has 1 fully saturated rings.